The molecule has 0 bridgehead atoms. The Morgan fingerprint density at radius 2 is 2.14 bits per heavy atom. The molecule has 21 heavy (non-hydrogen) atoms. The molecule has 1 saturated heterocycles. The molecule has 0 atom stereocenters. The normalized spacial score (nSPS) is 16.0. The second kappa shape index (κ2) is 5.37. The highest BCUT2D eigenvalue weighted by molar-refractivity contribution is 6.00. The number of ether oxygens (including phenoxy) is 2. The van der Waals surface area contributed by atoms with Crippen LogP contribution in [0.5, 0.6) is 5.75 Å². The minimum atomic E-state index is -0.401. The van der Waals surface area contributed by atoms with E-state index < -0.39 is 5.97 Å². The van der Waals surface area contributed by atoms with Gasteiger partial charge in [0.1, 0.15) is 11.3 Å². The highest BCUT2D eigenvalue weighted by atomic mass is 16.5. The van der Waals surface area contributed by atoms with Crippen molar-refractivity contribution in [2.45, 2.75) is 6.54 Å². The molecule has 2 aromatic rings. The summed E-state index contributed by atoms with van der Waals surface area (Å²) in [6.07, 6.45) is 1.94. The lowest BCUT2D eigenvalue weighted by atomic mass is 10.0. The maximum Gasteiger partial charge on any atom is 0.341 e. The number of fused-ring (bicyclic) bond motifs is 1. The third kappa shape index (κ3) is 2.47. The molecule has 1 aliphatic rings. The predicted molar refractivity (Wildman–Crippen MR) is 78.6 cm³/mol. The molecule has 2 heterocycles. The van der Waals surface area contributed by atoms with E-state index in [1.807, 2.05) is 16.9 Å². The van der Waals surface area contributed by atoms with E-state index in [0.29, 0.717) is 17.2 Å². The van der Waals surface area contributed by atoms with Crippen molar-refractivity contribution in [1.29, 1.82) is 0 Å². The Hall–Kier alpha value is -2.08. The summed E-state index contributed by atoms with van der Waals surface area (Å²) < 4.78 is 12.1. The zero-order chi connectivity index (χ0) is 15.0. The molecule has 0 aliphatic carbocycles. The first-order valence-corrected chi connectivity index (χ1v) is 6.93. The van der Waals surface area contributed by atoms with Gasteiger partial charge in [-0.05, 0) is 19.2 Å². The average molecular weight is 289 g/mol. The number of nitrogens with zero attached hydrogens (tertiary/aromatic N) is 3. The Bertz CT molecular complexity index is 674. The maximum atomic E-state index is 11.8. The van der Waals surface area contributed by atoms with Gasteiger partial charge in [-0.1, -0.05) is 0 Å². The van der Waals surface area contributed by atoms with E-state index in [1.165, 1.54) is 7.11 Å². The highest BCUT2D eigenvalue weighted by Crippen LogP contribution is 2.30. The topological polar surface area (TPSA) is 56.6 Å². The molecule has 3 rings (SSSR count). The van der Waals surface area contributed by atoms with E-state index in [9.17, 15) is 4.79 Å². The SMILES string of the molecule is COC(=O)c1ccc2nn(CC3CN(C)C3)cc2c1OC. The number of hydrogen-bond donors (Lipinski definition) is 0. The van der Waals surface area contributed by atoms with Crippen LogP contribution >= 0.6 is 0 Å². The number of benzene rings is 1. The van der Waals surface area contributed by atoms with Crippen LogP contribution in [0.4, 0.5) is 0 Å². The van der Waals surface area contributed by atoms with Gasteiger partial charge in [0, 0.05) is 31.7 Å². The second-order valence-electron chi connectivity index (χ2n) is 5.51. The summed E-state index contributed by atoms with van der Waals surface area (Å²) in [6.45, 7) is 3.08. The van der Waals surface area contributed by atoms with Gasteiger partial charge in [-0.15, -0.1) is 0 Å². The Morgan fingerprint density at radius 1 is 1.38 bits per heavy atom. The molecule has 0 amide bonds. The van der Waals surface area contributed by atoms with Gasteiger partial charge in [0.2, 0.25) is 0 Å². The molecule has 1 fully saturated rings. The smallest absolute Gasteiger partial charge is 0.341 e. The van der Waals surface area contributed by atoms with Gasteiger partial charge < -0.3 is 14.4 Å². The standard InChI is InChI=1S/C15H19N3O3/c1-17-6-10(7-17)8-18-9-12-13(16-18)5-4-11(14(12)20-2)15(19)21-3/h4-5,9-10H,6-8H2,1-3H3. The number of aromatic nitrogens is 2. The first kappa shape index (κ1) is 13.9. The Morgan fingerprint density at radius 3 is 2.76 bits per heavy atom. The van der Waals surface area contributed by atoms with E-state index in [0.717, 1.165) is 30.5 Å². The maximum absolute atomic E-state index is 11.8. The summed E-state index contributed by atoms with van der Waals surface area (Å²) in [7, 11) is 5.03. The van der Waals surface area contributed by atoms with Crippen LogP contribution in [-0.4, -0.2) is 55.0 Å². The largest absolute Gasteiger partial charge is 0.495 e. The van der Waals surface area contributed by atoms with E-state index in [4.69, 9.17) is 9.47 Å². The van der Waals surface area contributed by atoms with Crippen LogP contribution in [0, 0.1) is 5.92 Å². The first-order chi connectivity index (χ1) is 10.1. The van der Waals surface area contributed by atoms with Crippen LogP contribution in [0.1, 0.15) is 10.4 Å². The molecule has 6 heteroatoms. The zero-order valence-electron chi connectivity index (χ0n) is 12.5. The van der Waals surface area contributed by atoms with Crippen LogP contribution in [0.15, 0.2) is 18.3 Å². The fraction of sp³-hybridized carbons (Fsp3) is 0.467. The van der Waals surface area contributed by atoms with Crippen LogP contribution < -0.4 is 4.74 Å². The summed E-state index contributed by atoms with van der Waals surface area (Å²) in [5.41, 5.74) is 1.25. The monoisotopic (exact) mass is 289 g/mol. The molecule has 1 aromatic heterocycles. The van der Waals surface area contributed by atoms with Crippen molar-refractivity contribution < 1.29 is 14.3 Å². The van der Waals surface area contributed by atoms with Gasteiger partial charge >= 0.3 is 5.97 Å². The number of rotatable bonds is 4. The number of carbonyl (C=O) groups is 1. The Kier molecular flexibility index (Phi) is 3.55. The van der Waals surface area contributed by atoms with Crippen molar-refractivity contribution in [1.82, 2.24) is 14.7 Å². The third-order valence-corrected chi connectivity index (χ3v) is 3.88. The molecule has 1 aliphatic heterocycles. The van der Waals surface area contributed by atoms with E-state index in [2.05, 4.69) is 17.0 Å². The molecule has 6 nitrogen and oxygen atoms in total. The minimum Gasteiger partial charge on any atom is -0.495 e. The molecule has 0 saturated carbocycles. The van der Waals surface area contributed by atoms with Crippen molar-refractivity contribution in [2.24, 2.45) is 5.92 Å². The minimum absolute atomic E-state index is 0.401. The van der Waals surface area contributed by atoms with E-state index >= 15 is 0 Å². The number of carbonyl (C=O) groups excluding carboxylic acids is 1. The summed E-state index contributed by atoms with van der Waals surface area (Å²) in [5, 5.41) is 5.40. The van der Waals surface area contributed by atoms with E-state index in [-0.39, 0.29) is 0 Å². The highest BCUT2D eigenvalue weighted by Gasteiger charge is 2.24. The Balaban J connectivity index is 1.94. The molecule has 0 N–H and O–H groups in total. The van der Waals surface area contributed by atoms with Gasteiger partial charge in [0.15, 0.2) is 0 Å². The van der Waals surface area contributed by atoms with Gasteiger partial charge in [-0.25, -0.2) is 4.79 Å². The van der Waals surface area contributed by atoms with Crippen LogP contribution in [0.3, 0.4) is 0 Å². The van der Waals surface area contributed by atoms with E-state index in [1.54, 1.807) is 13.2 Å². The predicted octanol–water partition coefficient (Wildman–Crippen LogP) is 1.39. The van der Waals surface area contributed by atoms with Gasteiger partial charge in [-0.2, -0.15) is 5.10 Å². The van der Waals surface area contributed by atoms with Crippen molar-refractivity contribution >= 4 is 16.9 Å². The second-order valence-corrected chi connectivity index (χ2v) is 5.51. The molecular formula is C15H19N3O3. The zero-order valence-corrected chi connectivity index (χ0v) is 12.5. The summed E-state index contributed by atoms with van der Waals surface area (Å²) in [6, 6.07) is 3.52. The number of likely N-dealkylation sites (tertiary alicyclic amines) is 1. The molecule has 1 aromatic carbocycles. The number of hydrogen-bond acceptors (Lipinski definition) is 5. The number of esters is 1. The average Bonchev–Trinajstić information content (AvgIpc) is 2.86. The number of methoxy groups -OCH3 is 2. The van der Waals surface area contributed by atoms with Gasteiger partial charge in [-0.3, -0.25) is 4.68 Å². The van der Waals surface area contributed by atoms with Crippen molar-refractivity contribution in [2.75, 3.05) is 34.4 Å². The molecule has 0 spiro atoms. The molecular weight excluding hydrogens is 270 g/mol. The summed E-state index contributed by atoms with van der Waals surface area (Å²) in [5.74, 6) is 0.758. The molecule has 0 radical (unpaired) electrons. The first-order valence-electron chi connectivity index (χ1n) is 6.93. The lowest BCUT2D eigenvalue weighted by Crippen LogP contribution is -2.45. The van der Waals surface area contributed by atoms with Gasteiger partial charge in [0.05, 0.1) is 25.1 Å². The summed E-state index contributed by atoms with van der Waals surface area (Å²) >= 11 is 0. The lowest BCUT2D eigenvalue weighted by Gasteiger charge is -2.35. The summed E-state index contributed by atoms with van der Waals surface area (Å²) in [4.78, 5) is 14.1. The molecule has 112 valence electrons. The van der Waals surface area contributed by atoms with Gasteiger partial charge in [0.25, 0.3) is 0 Å². The lowest BCUT2D eigenvalue weighted by molar-refractivity contribution is 0.0597. The fourth-order valence-corrected chi connectivity index (χ4v) is 2.91. The van der Waals surface area contributed by atoms with Crippen LogP contribution in [0.2, 0.25) is 0 Å². The van der Waals surface area contributed by atoms with Crippen molar-refractivity contribution in [3.63, 3.8) is 0 Å². The fourth-order valence-electron chi connectivity index (χ4n) is 2.91. The Labute approximate surface area is 123 Å². The van der Waals surface area contributed by atoms with Crippen molar-refractivity contribution in [3.05, 3.63) is 23.9 Å². The van der Waals surface area contributed by atoms with Crippen LogP contribution in [-0.2, 0) is 11.3 Å². The quantitative estimate of drug-likeness (QED) is 0.796. The van der Waals surface area contributed by atoms with Crippen LogP contribution in [0.25, 0.3) is 10.9 Å². The third-order valence-electron chi connectivity index (χ3n) is 3.88. The molecule has 0 unspecified atom stereocenters. The van der Waals surface area contributed by atoms with Crippen molar-refractivity contribution in [3.8, 4) is 5.75 Å².